The van der Waals surface area contributed by atoms with Crippen molar-refractivity contribution in [1.29, 1.82) is 0 Å². The highest BCUT2D eigenvalue weighted by atomic mass is 16.6. The average Bonchev–Trinajstić information content (AvgIpc) is 3.15. The highest BCUT2D eigenvalue weighted by Gasteiger charge is 2.25. The summed E-state index contributed by atoms with van der Waals surface area (Å²) in [6.45, 7) is 5.45. The molecule has 0 radical (unpaired) electrons. The van der Waals surface area contributed by atoms with Gasteiger partial charge in [0.2, 0.25) is 5.89 Å². The predicted molar refractivity (Wildman–Crippen MR) is 112 cm³/mol. The molecular formula is C23H27N3O4. The van der Waals surface area contributed by atoms with Crippen LogP contribution in [0.3, 0.4) is 0 Å². The minimum atomic E-state index is -0.603. The quantitative estimate of drug-likeness (QED) is 0.619. The molecule has 30 heavy (non-hydrogen) atoms. The van der Waals surface area contributed by atoms with Crippen molar-refractivity contribution in [3.05, 3.63) is 77.4 Å². The molecule has 3 rings (SSSR count). The van der Waals surface area contributed by atoms with Crippen LogP contribution >= 0.6 is 0 Å². The van der Waals surface area contributed by atoms with Crippen LogP contribution in [0, 0.1) is 0 Å². The van der Waals surface area contributed by atoms with Crippen LogP contribution in [0.25, 0.3) is 0 Å². The molecule has 1 aromatic heterocycles. The SMILES string of the molecule is COc1cccc(Cc2noc(C(Cc3ccccc3)NC(=O)OC(C)(C)C)n2)c1. The van der Waals surface area contributed by atoms with E-state index in [1.54, 1.807) is 7.11 Å². The van der Waals surface area contributed by atoms with E-state index in [0.29, 0.717) is 24.6 Å². The Bertz CT molecular complexity index is 964. The van der Waals surface area contributed by atoms with Gasteiger partial charge in [0, 0.05) is 12.8 Å². The number of ether oxygens (including phenoxy) is 2. The first kappa shape index (κ1) is 21.4. The van der Waals surface area contributed by atoms with E-state index in [2.05, 4.69) is 15.5 Å². The molecule has 0 saturated heterocycles. The van der Waals surface area contributed by atoms with E-state index in [9.17, 15) is 4.79 Å². The minimum Gasteiger partial charge on any atom is -0.497 e. The molecule has 0 aliphatic heterocycles. The summed E-state index contributed by atoms with van der Waals surface area (Å²) in [5.74, 6) is 1.63. The standard InChI is InChI=1S/C23H27N3O4/c1-23(2,3)29-22(27)24-19(14-16-9-6-5-7-10-16)21-25-20(26-30-21)15-17-11-8-12-18(13-17)28-4/h5-13,19H,14-15H2,1-4H3,(H,24,27). The van der Waals surface area contributed by atoms with Crippen molar-refractivity contribution < 1.29 is 18.8 Å². The molecule has 7 nitrogen and oxygen atoms in total. The number of nitrogens with one attached hydrogen (secondary N) is 1. The number of methoxy groups -OCH3 is 1. The van der Waals surface area contributed by atoms with Crippen LogP contribution < -0.4 is 10.1 Å². The fourth-order valence-corrected chi connectivity index (χ4v) is 2.95. The van der Waals surface area contributed by atoms with Gasteiger partial charge in [-0.2, -0.15) is 4.98 Å². The van der Waals surface area contributed by atoms with Gasteiger partial charge in [-0.25, -0.2) is 4.79 Å². The first-order chi connectivity index (χ1) is 14.3. The van der Waals surface area contributed by atoms with Gasteiger partial charge >= 0.3 is 6.09 Å². The normalized spacial score (nSPS) is 12.3. The van der Waals surface area contributed by atoms with Crippen molar-refractivity contribution in [2.45, 2.75) is 45.3 Å². The molecule has 2 aromatic carbocycles. The summed E-state index contributed by atoms with van der Waals surface area (Å²) in [6.07, 6.45) is 0.461. The van der Waals surface area contributed by atoms with E-state index >= 15 is 0 Å². The molecule has 1 heterocycles. The van der Waals surface area contributed by atoms with Gasteiger partial charge < -0.3 is 19.3 Å². The summed E-state index contributed by atoms with van der Waals surface area (Å²) in [5, 5.41) is 6.95. The minimum absolute atomic E-state index is 0.336. The van der Waals surface area contributed by atoms with Crippen molar-refractivity contribution in [3.8, 4) is 5.75 Å². The van der Waals surface area contributed by atoms with E-state index in [4.69, 9.17) is 14.0 Å². The highest BCUT2D eigenvalue weighted by molar-refractivity contribution is 5.68. The lowest BCUT2D eigenvalue weighted by Gasteiger charge is -2.22. The monoisotopic (exact) mass is 409 g/mol. The average molecular weight is 409 g/mol. The lowest BCUT2D eigenvalue weighted by atomic mass is 10.1. The van der Waals surface area contributed by atoms with Gasteiger partial charge in [0.25, 0.3) is 0 Å². The second kappa shape index (κ2) is 9.43. The Morgan fingerprint density at radius 2 is 1.83 bits per heavy atom. The molecular weight excluding hydrogens is 382 g/mol. The van der Waals surface area contributed by atoms with Crippen molar-refractivity contribution in [3.63, 3.8) is 0 Å². The van der Waals surface area contributed by atoms with E-state index in [-0.39, 0.29) is 0 Å². The summed E-state index contributed by atoms with van der Waals surface area (Å²) >= 11 is 0. The molecule has 7 heteroatoms. The topological polar surface area (TPSA) is 86.5 Å². The number of benzene rings is 2. The Balaban J connectivity index is 1.77. The lowest BCUT2D eigenvalue weighted by molar-refractivity contribution is 0.0493. The van der Waals surface area contributed by atoms with Crippen LogP contribution in [0.1, 0.15) is 49.7 Å². The van der Waals surface area contributed by atoms with Gasteiger partial charge in [0.1, 0.15) is 17.4 Å². The van der Waals surface area contributed by atoms with Crippen LogP contribution in [0.2, 0.25) is 0 Å². The Labute approximate surface area is 176 Å². The van der Waals surface area contributed by atoms with Gasteiger partial charge in [-0.1, -0.05) is 47.6 Å². The molecule has 0 saturated carbocycles. The van der Waals surface area contributed by atoms with Crippen molar-refractivity contribution in [1.82, 2.24) is 15.5 Å². The van der Waals surface area contributed by atoms with Crippen LogP contribution in [-0.2, 0) is 17.6 Å². The maximum Gasteiger partial charge on any atom is 0.408 e. The van der Waals surface area contributed by atoms with Crippen molar-refractivity contribution in [2.75, 3.05) is 7.11 Å². The molecule has 3 aromatic rings. The molecule has 0 fully saturated rings. The molecule has 0 spiro atoms. The predicted octanol–water partition coefficient (Wildman–Crippen LogP) is 4.48. The van der Waals surface area contributed by atoms with Gasteiger partial charge in [0.15, 0.2) is 5.82 Å². The van der Waals surface area contributed by atoms with Gasteiger partial charge in [-0.3, -0.25) is 0 Å². The van der Waals surface area contributed by atoms with E-state index < -0.39 is 17.7 Å². The van der Waals surface area contributed by atoms with E-state index in [1.165, 1.54) is 0 Å². The summed E-state index contributed by atoms with van der Waals surface area (Å²) in [5.41, 5.74) is 1.43. The summed E-state index contributed by atoms with van der Waals surface area (Å²) < 4.78 is 16.2. The fourth-order valence-electron chi connectivity index (χ4n) is 2.95. The number of hydrogen-bond donors (Lipinski definition) is 1. The number of carbonyl (C=O) groups excluding carboxylic acids is 1. The number of amides is 1. The van der Waals surface area contributed by atoms with Gasteiger partial charge in [0.05, 0.1) is 7.11 Å². The third-order valence-corrected chi connectivity index (χ3v) is 4.25. The van der Waals surface area contributed by atoms with Crippen LogP contribution in [-0.4, -0.2) is 28.9 Å². The van der Waals surface area contributed by atoms with Crippen LogP contribution in [0.15, 0.2) is 59.1 Å². The Hall–Kier alpha value is -3.35. The maximum absolute atomic E-state index is 12.4. The van der Waals surface area contributed by atoms with Crippen molar-refractivity contribution >= 4 is 6.09 Å². The fraction of sp³-hybridized carbons (Fsp3) is 0.348. The summed E-state index contributed by atoms with van der Waals surface area (Å²) in [6, 6.07) is 17.0. The Morgan fingerprint density at radius 3 is 2.53 bits per heavy atom. The molecule has 0 aliphatic carbocycles. The zero-order chi connectivity index (χ0) is 21.6. The van der Waals surface area contributed by atoms with Crippen LogP contribution in [0.5, 0.6) is 5.75 Å². The number of carbonyl (C=O) groups is 1. The first-order valence-electron chi connectivity index (χ1n) is 9.81. The zero-order valence-corrected chi connectivity index (χ0v) is 17.7. The molecule has 1 amide bonds. The van der Waals surface area contributed by atoms with Gasteiger partial charge in [-0.05, 0) is 44.0 Å². The van der Waals surface area contributed by atoms with Crippen molar-refractivity contribution in [2.24, 2.45) is 0 Å². The molecule has 0 aliphatic rings. The van der Waals surface area contributed by atoms with E-state index in [0.717, 1.165) is 16.9 Å². The third kappa shape index (κ3) is 6.34. The Kier molecular flexibility index (Phi) is 6.72. The lowest BCUT2D eigenvalue weighted by Crippen LogP contribution is -2.36. The maximum atomic E-state index is 12.4. The molecule has 158 valence electrons. The molecule has 1 N–H and O–H groups in total. The number of alkyl carbamates (subject to hydrolysis) is 1. The summed E-state index contributed by atoms with van der Waals surface area (Å²) in [7, 11) is 1.63. The van der Waals surface area contributed by atoms with Crippen LogP contribution in [0.4, 0.5) is 4.79 Å². The second-order valence-electron chi connectivity index (χ2n) is 7.97. The number of hydrogen-bond acceptors (Lipinski definition) is 6. The van der Waals surface area contributed by atoms with Gasteiger partial charge in [-0.15, -0.1) is 0 Å². The molecule has 1 unspecified atom stereocenters. The largest absolute Gasteiger partial charge is 0.497 e. The molecule has 1 atom stereocenters. The number of nitrogens with zero attached hydrogens (tertiary/aromatic N) is 2. The van der Waals surface area contributed by atoms with E-state index in [1.807, 2.05) is 75.4 Å². The third-order valence-electron chi connectivity index (χ3n) is 4.25. The first-order valence-corrected chi connectivity index (χ1v) is 9.81. The smallest absolute Gasteiger partial charge is 0.408 e. The number of rotatable bonds is 7. The Morgan fingerprint density at radius 1 is 1.10 bits per heavy atom. The summed E-state index contributed by atoms with van der Waals surface area (Å²) in [4.78, 5) is 16.9. The second-order valence-corrected chi connectivity index (χ2v) is 7.97. The number of aromatic nitrogens is 2. The molecule has 0 bridgehead atoms. The zero-order valence-electron chi connectivity index (χ0n) is 17.7. The highest BCUT2D eigenvalue weighted by Crippen LogP contribution is 2.20.